The molecule has 1 N–H and O–H groups in total. The highest BCUT2D eigenvalue weighted by Gasteiger charge is 2.26. The van der Waals surface area contributed by atoms with E-state index < -0.39 is 0 Å². The van der Waals surface area contributed by atoms with Gasteiger partial charge < -0.3 is 10.2 Å². The zero-order valence-corrected chi connectivity index (χ0v) is 15.5. The Morgan fingerprint density at radius 1 is 1.35 bits per heavy atom. The number of benzene rings is 1. The molecule has 1 atom stereocenters. The summed E-state index contributed by atoms with van der Waals surface area (Å²) in [6.45, 7) is 6.43. The van der Waals surface area contributed by atoms with E-state index in [1.807, 2.05) is 40.8 Å². The molecule has 2 aromatic rings. The summed E-state index contributed by atoms with van der Waals surface area (Å²) in [5.74, 6) is 0.0647. The Morgan fingerprint density at radius 2 is 2.04 bits per heavy atom. The topological polar surface area (TPSA) is 50.2 Å². The fraction of sp³-hybridized carbons (Fsp3) is 0.375. The van der Waals surface area contributed by atoms with E-state index in [4.69, 9.17) is 0 Å². The third kappa shape index (κ3) is 3.59. The molecule has 124 valence electrons. The van der Waals surface area contributed by atoms with Gasteiger partial charge in [-0.3, -0.25) is 4.79 Å². The minimum atomic E-state index is 0. The van der Waals surface area contributed by atoms with Gasteiger partial charge in [-0.15, -0.1) is 12.4 Å². The summed E-state index contributed by atoms with van der Waals surface area (Å²) in [5, 5.41) is 7.70. The maximum Gasteiger partial charge on any atom is 0.257 e. The first kappa shape index (κ1) is 18.0. The quantitative estimate of drug-likeness (QED) is 0.845. The largest absolute Gasteiger partial charge is 0.333 e. The minimum Gasteiger partial charge on any atom is -0.333 e. The van der Waals surface area contributed by atoms with Gasteiger partial charge >= 0.3 is 0 Å². The van der Waals surface area contributed by atoms with Gasteiger partial charge in [-0.05, 0) is 38.1 Å². The molecule has 0 spiro atoms. The van der Waals surface area contributed by atoms with Crippen LogP contribution in [-0.4, -0.2) is 46.3 Å². The molecular weight excluding hydrogens is 380 g/mol. The van der Waals surface area contributed by atoms with Gasteiger partial charge in [0.2, 0.25) is 0 Å². The Morgan fingerprint density at radius 3 is 2.70 bits per heavy atom. The van der Waals surface area contributed by atoms with Crippen molar-refractivity contribution in [1.82, 2.24) is 20.0 Å². The summed E-state index contributed by atoms with van der Waals surface area (Å²) < 4.78 is 2.83. The molecule has 0 radical (unpaired) electrons. The van der Waals surface area contributed by atoms with E-state index in [1.165, 1.54) is 0 Å². The Balaban J connectivity index is 0.00000192. The van der Waals surface area contributed by atoms with Crippen LogP contribution in [0.25, 0.3) is 5.69 Å². The summed E-state index contributed by atoms with van der Waals surface area (Å²) in [6.07, 6.45) is 1.68. The lowest BCUT2D eigenvalue weighted by Gasteiger charge is -2.33. The molecule has 2 heterocycles. The lowest BCUT2D eigenvalue weighted by Crippen LogP contribution is -2.52. The van der Waals surface area contributed by atoms with Crippen LogP contribution in [0.1, 0.15) is 23.0 Å². The predicted octanol–water partition coefficient (Wildman–Crippen LogP) is 2.80. The molecule has 0 unspecified atom stereocenters. The van der Waals surface area contributed by atoms with Gasteiger partial charge in [0.05, 0.1) is 23.1 Å². The number of halogens is 2. The van der Waals surface area contributed by atoms with Gasteiger partial charge in [-0.25, -0.2) is 4.68 Å². The standard InChI is InChI=1S/C16H19BrN4O.ClH/c1-11-9-18-7-8-20(11)16(22)15-10-19-21(12(15)2)14-5-3-13(17)4-6-14;/h3-6,10-11,18H,7-9H2,1-2H3;1H/t11-;/m1./s1. The first-order valence-electron chi connectivity index (χ1n) is 7.40. The number of carbonyl (C=O) groups excluding carboxylic acids is 1. The van der Waals surface area contributed by atoms with Gasteiger partial charge in [-0.1, -0.05) is 15.9 Å². The van der Waals surface area contributed by atoms with Crippen molar-refractivity contribution < 1.29 is 4.79 Å². The van der Waals surface area contributed by atoms with Crippen molar-refractivity contribution >= 4 is 34.2 Å². The fourth-order valence-electron chi connectivity index (χ4n) is 2.76. The molecule has 1 aliphatic heterocycles. The Bertz CT molecular complexity index is 686. The number of nitrogens with one attached hydrogen (secondary N) is 1. The van der Waals surface area contributed by atoms with E-state index >= 15 is 0 Å². The second-order valence-electron chi connectivity index (χ2n) is 5.58. The van der Waals surface area contributed by atoms with Crippen molar-refractivity contribution in [2.75, 3.05) is 19.6 Å². The Hall–Kier alpha value is -1.37. The lowest BCUT2D eigenvalue weighted by molar-refractivity contribution is 0.0655. The van der Waals surface area contributed by atoms with E-state index in [2.05, 4.69) is 33.3 Å². The summed E-state index contributed by atoms with van der Waals surface area (Å²) in [5.41, 5.74) is 2.50. The zero-order chi connectivity index (χ0) is 15.7. The van der Waals surface area contributed by atoms with Gasteiger partial charge in [0, 0.05) is 30.1 Å². The number of piperazine rings is 1. The average molecular weight is 400 g/mol. The van der Waals surface area contributed by atoms with Crippen molar-refractivity contribution in [1.29, 1.82) is 0 Å². The smallest absolute Gasteiger partial charge is 0.257 e. The van der Waals surface area contributed by atoms with Gasteiger partial charge in [-0.2, -0.15) is 5.10 Å². The number of aromatic nitrogens is 2. The number of nitrogens with zero attached hydrogens (tertiary/aromatic N) is 3. The maximum absolute atomic E-state index is 12.8. The zero-order valence-electron chi connectivity index (χ0n) is 13.1. The fourth-order valence-corrected chi connectivity index (χ4v) is 3.02. The number of amides is 1. The van der Waals surface area contributed by atoms with E-state index in [1.54, 1.807) is 6.20 Å². The van der Waals surface area contributed by atoms with E-state index in [0.29, 0.717) is 5.56 Å². The van der Waals surface area contributed by atoms with Crippen LogP contribution in [0.4, 0.5) is 0 Å². The van der Waals surface area contributed by atoms with Crippen LogP contribution in [0.5, 0.6) is 0 Å². The monoisotopic (exact) mass is 398 g/mol. The first-order valence-corrected chi connectivity index (χ1v) is 8.19. The molecule has 1 amide bonds. The molecule has 1 aromatic carbocycles. The maximum atomic E-state index is 12.8. The van der Waals surface area contributed by atoms with Crippen LogP contribution in [0.2, 0.25) is 0 Å². The van der Waals surface area contributed by atoms with Crippen molar-refractivity contribution in [2.45, 2.75) is 19.9 Å². The van der Waals surface area contributed by atoms with Crippen LogP contribution in [0.3, 0.4) is 0 Å². The van der Waals surface area contributed by atoms with Crippen LogP contribution in [0.15, 0.2) is 34.9 Å². The number of rotatable bonds is 2. The van der Waals surface area contributed by atoms with Gasteiger partial charge in [0.15, 0.2) is 0 Å². The SMILES string of the molecule is Cc1c(C(=O)N2CCNC[C@H]2C)cnn1-c1ccc(Br)cc1.Cl. The molecule has 7 heteroatoms. The van der Waals surface area contributed by atoms with E-state index in [-0.39, 0.29) is 24.4 Å². The van der Waals surface area contributed by atoms with Gasteiger partial charge in [0.1, 0.15) is 0 Å². The van der Waals surface area contributed by atoms with Crippen LogP contribution >= 0.6 is 28.3 Å². The summed E-state index contributed by atoms with van der Waals surface area (Å²) in [4.78, 5) is 14.7. The molecule has 5 nitrogen and oxygen atoms in total. The highest BCUT2D eigenvalue weighted by molar-refractivity contribution is 9.10. The molecule has 1 aromatic heterocycles. The average Bonchev–Trinajstić information content (AvgIpc) is 2.90. The third-order valence-electron chi connectivity index (χ3n) is 4.07. The molecule has 0 saturated carbocycles. The van der Waals surface area contributed by atoms with Crippen LogP contribution < -0.4 is 5.32 Å². The van der Waals surface area contributed by atoms with Gasteiger partial charge in [0.25, 0.3) is 5.91 Å². The molecular formula is C16H20BrClN4O. The molecule has 1 fully saturated rings. The Labute approximate surface area is 150 Å². The second-order valence-corrected chi connectivity index (χ2v) is 6.50. The van der Waals surface area contributed by atoms with Crippen molar-refractivity contribution in [3.63, 3.8) is 0 Å². The molecule has 0 bridgehead atoms. The highest BCUT2D eigenvalue weighted by atomic mass is 79.9. The van der Waals surface area contributed by atoms with Crippen molar-refractivity contribution in [3.8, 4) is 5.69 Å². The molecule has 1 saturated heterocycles. The lowest BCUT2D eigenvalue weighted by atomic mass is 10.1. The number of hydrogen-bond donors (Lipinski definition) is 1. The number of carbonyl (C=O) groups is 1. The van der Waals surface area contributed by atoms with Crippen molar-refractivity contribution in [2.24, 2.45) is 0 Å². The molecule has 3 rings (SSSR count). The number of hydrogen-bond acceptors (Lipinski definition) is 3. The second kappa shape index (κ2) is 7.47. The highest BCUT2D eigenvalue weighted by Crippen LogP contribution is 2.19. The first-order chi connectivity index (χ1) is 10.6. The Kier molecular flexibility index (Phi) is 5.84. The minimum absolute atomic E-state index is 0. The molecule has 23 heavy (non-hydrogen) atoms. The predicted molar refractivity (Wildman–Crippen MR) is 96.6 cm³/mol. The van der Waals surface area contributed by atoms with E-state index in [9.17, 15) is 4.79 Å². The van der Waals surface area contributed by atoms with E-state index in [0.717, 1.165) is 35.5 Å². The summed E-state index contributed by atoms with van der Waals surface area (Å²) in [6, 6.07) is 8.10. The normalized spacial score (nSPS) is 17.7. The summed E-state index contributed by atoms with van der Waals surface area (Å²) >= 11 is 3.43. The van der Waals surface area contributed by atoms with Crippen LogP contribution in [-0.2, 0) is 0 Å². The molecule has 1 aliphatic rings. The third-order valence-corrected chi connectivity index (χ3v) is 4.60. The summed E-state index contributed by atoms with van der Waals surface area (Å²) in [7, 11) is 0. The molecule has 0 aliphatic carbocycles. The van der Waals surface area contributed by atoms with Crippen molar-refractivity contribution in [3.05, 3.63) is 46.2 Å². The van der Waals surface area contributed by atoms with Crippen LogP contribution in [0, 0.1) is 6.92 Å².